The van der Waals surface area contributed by atoms with Gasteiger partial charge in [-0.25, -0.2) is 14.4 Å². The molecule has 1 fully saturated rings. The van der Waals surface area contributed by atoms with Gasteiger partial charge in [0.2, 0.25) is 0 Å². The van der Waals surface area contributed by atoms with E-state index in [0.717, 1.165) is 0 Å². The molecular formula is C17H13F6N5. The maximum Gasteiger partial charge on any atom is 0.458 e. The van der Waals surface area contributed by atoms with E-state index in [9.17, 15) is 26.3 Å². The molecule has 0 unspecified atom stereocenters. The number of nitrogens with zero attached hydrogens (tertiary/aromatic N) is 4. The van der Waals surface area contributed by atoms with Crippen LogP contribution in [0.25, 0.3) is 21.9 Å². The number of hydrogen-bond acceptors (Lipinski definition) is 5. The van der Waals surface area contributed by atoms with E-state index < -0.39 is 23.5 Å². The number of piperazine rings is 1. The fraction of sp³-hybridized carbons (Fsp3) is 0.353. The van der Waals surface area contributed by atoms with Crippen LogP contribution in [-0.2, 0) is 5.92 Å². The van der Waals surface area contributed by atoms with Crippen LogP contribution in [0.2, 0.25) is 0 Å². The molecule has 28 heavy (non-hydrogen) atoms. The number of benzene rings is 1. The Balaban J connectivity index is 2.00. The Morgan fingerprint density at radius 2 is 1.54 bits per heavy atom. The van der Waals surface area contributed by atoms with E-state index in [1.165, 1.54) is 12.4 Å². The Hall–Kier alpha value is -2.69. The zero-order chi connectivity index (χ0) is 20.1. The predicted molar refractivity (Wildman–Crippen MR) is 89.8 cm³/mol. The largest absolute Gasteiger partial charge is 0.458 e. The van der Waals surface area contributed by atoms with E-state index in [1.807, 2.05) is 4.90 Å². The molecular weight excluding hydrogens is 388 g/mol. The summed E-state index contributed by atoms with van der Waals surface area (Å²) in [6.07, 6.45) is -3.25. The average Bonchev–Trinajstić information content (AvgIpc) is 2.67. The summed E-state index contributed by atoms with van der Waals surface area (Å²) in [5, 5.41) is 2.90. The number of pyridine rings is 1. The molecule has 5 nitrogen and oxygen atoms in total. The van der Waals surface area contributed by atoms with Crippen molar-refractivity contribution in [3.05, 3.63) is 35.9 Å². The topological polar surface area (TPSA) is 53.9 Å². The highest BCUT2D eigenvalue weighted by Crippen LogP contribution is 2.45. The summed E-state index contributed by atoms with van der Waals surface area (Å²) in [7, 11) is 0. The lowest BCUT2D eigenvalue weighted by Crippen LogP contribution is -2.44. The molecule has 1 N–H and O–H groups in total. The molecule has 0 atom stereocenters. The van der Waals surface area contributed by atoms with Gasteiger partial charge in [-0.05, 0) is 12.1 Å². The molecule has 0 amide bonds. The molecule has 0 spiro atoms. The van der Waals surface area contributed by atoms with Crippen molar-refractivity contribution in [3.8, 4) is 0 Å². The van der Waals surface area contributed by atoms with Crippen LogP contribution < -0.4 is 10.2 Å². The Labute approximate surface area is 154 Å². The van der Waals surface area contributed by atoms with Gasteiger partial charge < -0.3 is 10.2 Å². The Morgan fingerprint density at radius 3 is 2.18 bits per heavy atom. The number of alkyl halides is 5. The molecule has 11 heteroatoms. The van der Waals surface area contributed by atoms with Crippen molar-refractivity contribution in [2.24, 2.45) is 0 Å². The second-order valence-corrected chi connectivity index (χ2v) is 6.35. The minimum atomic E-state index is -5.86. The van der Waals surface area contributed by atoms with Crippen LogP contribution >= 0.6 is 0 Å². The third-order valence-electron chi connectivity index (χ3n) is 4.58. The van der Waals surface area contributed by atoms with E-state index in [4.69, 9.17) is 0 Å². The van der Waals surface area contributed by atoms with Crippen LogP contribution in [-0.4, -0.2) is 47.3 Å². The highest BCUT2D eigenvalue weighted by Gasteiger charge is 2.59. The van der Waals surface area contributed by atoms with E-state index in [-0.39, 0.29) is 28.0 Å². The highest BCUT2D eigenvalue weighted by molar-refractivity contribution is 6.06. The predicted octanol–water partition coefficient (Wildman–Crippen LogP) is 3.38. The lowest BCUT2D eigenvalue weighted by molar-refractivity contribution is -0.289. The average molecular weight is 401 g/mol. The number of halogens is 6. The first-order valence-electron chi connectivity index (χ1n) is 8.35. The quantitative estimate of drug-likeness (QED) is 0.527. The van der Waals surface area contributed by atoms with Gasteiger partial charge in [0.15, 0.2) is 5.82 Å². The zero-order valence-corrected chi connectivity index (χ0v) is 14.2. The smallest absolute Gasteiger partial charge is 0.352 e. The molecule has 3 aromatic rings. The van der Waals surface area contributed by atoms with Gasteiger partial charge in [0.1, 0.15) is 22.4 Å². The summed E-state index contributed by atoms with van der Waals surface area (Å²) in [5.74, 6) is -6.18. The zero-order valence-electron chi connectivity index (χ0n) is 14.2. The van der Waals surface area contributed by atoms with Crippen molar-refractivity contribution in [3.63, 3.8) is 0 Å². The van der Waals surface area contributed by atoms with Gasteiger partial charge in [0.05, 0.1) is 0 Å². The summed E-state index contributed by atoms with van der Waals surface area (Å²) < 4.78 is 80.4. The van der Waals surface area contributed by atoms with Crippen LogP contribution in [0.5, 0.6) is 0 Å². The lowest BCUT2D eigenvalue weighted by Gasteiger charge is -2.29. The van der Waals surface area contributed by atoms with Gasteiger partial charge in [0.25, 0.3) is 0 Å². The van der Waals surface area contributed by atoms with E-state index >= 15 is 0 Å². The standard InChI is InChI=1S/C17H13F6N5/c18-11-8-9(16(19,20)17(21,22)23)7-10-12(11)27-15(28-5-3-24-4-6-28)14-13(10)25-1-2-26-14/h1-2,7-8,24H,3-6H2. The van der Waals surface area contributed by atoms with Crippen LogP contribution in [0.4, 0.5) is 32.2 Å². The summed E-state index contributed by atoms with van der Waals surface area (Å²) in [6, 6.07) is 0.754. The lowest BCUT2D eigenvalue weighted by atomic mass is 10.0. The van der Waals surface area contributed by atoms with Crippen LogP contribution in [0.1, 0.15) is 5.56 Å². The second kappa shape index (κ2) is 6.43. The van der Waals surface area contributed by atoms with Crippen LogP contribution in [0.15, 0.2) is 24.5 Å². The summed E-state index contributed by atoms with van der Waals surface area (Å²) in [5.41, 5.74) is -1.61. The Bertz CT molecular complexity index is 1050. The number of rotatable bonds is 2. The summed E-state index contributed by atoms with van der Waals surface area (Å²) in [4.78, 5) is 14.3. The molecule has 0 saturated carbocycles. The molecule has 1 saturated heterocycles. The van der Waals surface area contributed by atoms with Crippen molar-refractivity contribution in [1.29, 1.82) is 0 Å². The fourth-order valence-electron chi connectivity index (χ4n) is 3.19. The molecule has 3 heterocycles. The number of fused-ring (bicyclic) bond motifs is 3. The van der Waals surface area contributed by atoms with Crippen LogP contribution in [0, 0.1) is 5.82 Å². The highest BCUT2D eigenvalue weighted by atomic mass is 19.4. The number of aromatic nitrogens is 3. The number of hydrogen-bond donors (Lipinski definition) is 1. The Kier molecular flexibility index (Phi) is 4.29. The van der Waals surface area contributed by atoms with Crippen molar-refractivity contribution in [2.45, 2.75) is 12.1 Å². The normalized spacial score (nSPS) is 16.1. The van der Waals surface area contributed by atoms with E-state index in [2.05, 4.69) is 20.3 Å². The molecule has 4 rings (SSSR count). The maximum absolute atomic E-state index is 14.6. The van der Waals surface area contributed by atoms with Gasteiger partial charge in [0, 0.05) is 49.5 Å². The fourth-order valence-corrected chi connectivity index (χ4v) is 3.19. The summed E-state index contributed by atoms with van der Waals surface area (Å²) in [6.45, 7) is 2.41. The first kappa shape index (κ1) is 18.7. The van der Waals surface area contributed by atoms with Gasteiger partial charge >= 0.3 is 12.1 Å². The molecule has 2 aromatic heterocycles. The van der Waals surface area contributed by atoms with Crippen molar-refractivity contribution in [2.75, 3.05) is 31.1 Å². The van der Waals surface area contributed by atoms with Gasteiger partial charge in [-0.1, -0.05) is 0 Å². The monoisotopic (exact) mass is 401 g/mol. The molecule has 1 aliphatic rings. The van der Waals surface area contributed by atoms with E-state index in [1.54, 1.807) is 0 Å². The summed E-state index contributed by atoms with van der Waals surface area (Å²) >= 11 is 0. The SMILES string of the molecule is Fc1cc(C(F)(F)C(F)(F)F)cc2c1nc(N1CCNCC1)c1nccnc12. The van der Waals surface area contributed by atoms with Gasteiger partial charge in [-0.3, -0.25) is 4.98 Å². The third kappa shape index (κ3) is 2.89. The van der Waals surface area contributed by atoms with E-state index in [0.29, 0.717) is 38.1 Å². The molecule has 148 valence electrons. The van der Waals surface area contributed by atoms with Crippen molar-refractivity contribution < 1.29 is 26.3 Å². The Morgan fingerprint density at radius 1 is 0.893 bits per heavy atom. The molecule has 0 bridgehead atoms. The second-order valence-electron chi connectivity index (χ2n) is 6.35. The van der Waals surface area contributed by atoms with Crippen molar-refractivity contribution >= 4 is 27.8 Å². The number of nitrogens with one attached hydrogen (secondary N) is 1. The first-order valence-corrected chi connectivity index (χ1v) is 8.35. The molecule has 0 radical (unpaired) electrons. The van der Waals surface area contributed by atoms with Gasteiger partial charge in [-0.15, -0.1) is 0 Å². The maximum atomic E-state index is 14.6. The van der Waals surface area contributed by atoms with Crippen molar-refractivity contribution in [1.82, 2.24) is 20.3 Å². The minimum Gasteiger partial charge on any atom is -0.352 e. The number of anilines is 1. The van der Waals surface area contributed by atoms with Crippen LogP contribution in [0.3, 0.4) is 0 Å². The first-order chi connectivity index (χ1) is 13.2. The molecule has 1 aromatic carbocycles. The molecule has 0 aliphatic carbocycles. The van der Waals surface area contributed by atoms with Gasteiger partial charge in [-0.2, -0.15) is 22.0 Å². The minimum absolute atomic E-state index is 0.0137. The third-order valence-corrected chi connectivity index (χ3v) is 4.58. The molecule has 1 aliphatic heterocycles.